The Labute approximate surface area is 129 Å². The molecule has 0 aliphatic heterocycles. The van der Waals surface area contributed by atoms with Crippen LogP contribution in [0.5, 0.6) is 0 Å². The van der Waals surface area contributed by atoms with Crippen LogP contribution >= 0.6 is 23.4 Å². The van der Waals surface area contributed by atoms with Crippen molar-refractivity contribution in [3.05, 3.63) is 17.4 Å². The van der Waals surface area contributed by atoms with Crippen LogP contribution in [0.4, 0.5) is 0 Å². The molecule has 0 radical (unpaired) electrons. The maximum Gasteiger partial charge on any atom is 0.190 e. The van der Waals surface area contributed by atoms with Crippen LogP contribution in [0.15, 0.2) is 17.4 Å². The summed E-state index contributed by atoms with van der Waals surface area (Å²) in [7, 11) is -1.04. The van der Waals surface area contributed by atoms with E-state index in [2.05, 4.69) is 29.6 Å². The summed E-state index contributed by atoms with van der Waals surface area (Å²) in [6.45, 7) is 8.34. The molecule has 2 rings (SSSR count). The van der Waals surface area contributed by atoms with Gasteiger partial charge in [0.2, 0.25) is 0 Å². The zero-order valence-electron chi connectivity index (χ0n) is 12.3. The number of hydrogen-bond donors (Lipinski definition) is 0. The van der Waals surface area contributed by atoms with E-state index in [9.17, 15) is 0 Å². The maximum atomic E-state index is 6.16. The lowest BCUT2D eigenvalue weighted by Gasteiger charge is -2.15. The molecular formula is C13H20ClN3OSSi. The van der Waals surface area contributed by atoms with Gasteiger partial charge in [-0.15, -0.1) is 0 Å². The third-order valence-electron chi connectivity index (χ3n) is 2.96. The number of halogens is 1. The third kappa shape index (κ3) is 3.97. The molecule has 110 valence electrons. The van der Waals surface area contributed by atoms with Crippen molar-refractivity contribution in [1.29, 1.82) is 0 Å². The van der Waals surface area contributed by atoms with Gasteiger partial charge in [0.05, 0.1) is 5.39 Å². The fraction of sp³-hybridized carbons (Fsp3) is 0.538. The first-order valence-electron chi connectivity index (χ1n) is 6.55. The number of thioether (sulfide) groups is 1. The first-order valence-corrected chi connectivity index (χ1v) is 11.9. The van der Waals surface area contributed by atoms with Crippen molar-refractivity contribution < 1.29 is 4.74 Å². The van der Waals surface area contributed by atoms with Crippen molar-refractivity contribution in [2.75, 3.05) is 12.9 Å². The van der Waals surface area contributed by atoms with Crippen LogP contribution in [0.25, 0.3) is 11.0 Å². The highest BCUT2D eigenvalue weighted by Crippen LogP contribution is 2.24. The molecule has 2 aromatic rings. The van der Waals surface area contributed by atoms with Gasteiger partial charge in [-0.25, -0.2) is 9.97 Å². The molecule has 2 heterocycles. The average molecular weight is 330 g/mol. The molecule has 0 aliphatic rings. The van der Waals surface area contributed by atoms with Gasteiger partial charge < -0.3 is 9.30 Å². The van der Waals surface area contributed by atoms with Gasteiger partial charge in [-0.3, -0.25) is 0 Å². The maximum absolute atomic E-state index is 6.16. The molecule has 0 atom stereocenters. The summed E-state index contributed by atoms with van der Waals surface area (Å²) in [5.41, 5.74) is 0.836. The Balaban J connectivity index is 2.09. The quantitative estimate of drug-likeness (QED) is 0.263. The highest BCUT2D eigenvalue weighted by atomic mass is 35.5. The van der Waals surface area contributed by atoms with Crippen LogP contribution in [0, 0.1) is 0 Å². The van der Waals surface area contributed by atoms with Crippen molar-refractivity contribution in [3.63, 3.8) is 0 Å². The Morgan fingerprint density at radius 2 is 2.10 bits per heavy atom. The second-order valence-electron chi connectivity index (χ2n) is 5.87. The van der Waals surface area contributed by atoms with Crippen LogP contribution in [0.1, 0.15) is 0 Å². The predicted octanol–water partition coefficient (Wildman–Crippen LogP) is 4.12. The van der Waals surface area contributed by atoms with Gasteiger partial charge in [-0.1, -0.05) is 43.0 Å². The molecule has 0 aromatic carbocycles. The summed E-state index contributed by atoms with van der Waals surface area (Å²) in [4.78, 5) is 8.73. The van der Waals surface area contributed by atoms with Crippen LogP contribution in [-0.2, 0) is 11.5 Å². The Bertz CT molecular complexity index is 597. The molecule has 0 aliphatic carbocycles. The fourth-order valence-electron chi connectivity index (χ4n) is 1.75. The fourth-order valence-corrected chi connectivity index (χ4v) is 3.14. The van der Waals surface area contributed by atoms with Gasteiger partial charge in [-0.05, 0) is 18.4 Å². The van der Waals surface area contributed by atoms with E-state index < -0.39 is 8.07 Å². The van der Waals surface area contributed by atoms with E-state index in [1.807, 2.05) is 23.1 Å². The molecule has 0 saturated heterocycles. The van der Waals surface area contributed by atoms with E-state index in [1.54, 1.807) is 0 Å². The molecule has 0 spiro atoms. The second-order valence-corrected chi connectivity index (χ2v) is 12.6. The number of rotatable bonds is 6. The van der Waals surface area contributed by atoms with Gasteiger partial charge >= 0.3 is 0 Å². The van der Waals surface area contributed by atoms with Crippen molar-refractivity contribution in [1.82, 2.24) is 14.5 Å². The van der Waals surface area contributed by atoms with Gasteiger partial charge in [0.25, 0.3) is 0 Å². The van der Waals surface area contributed by atoms with Gasteiger partial charge in [0.1, 0.15) is 17.5 Å². The highest BCUT2D eigenvalue weighted by Gasteiger charge is 2.13. The minimum absolute atomic E-state index is 0.500. The van der Waals surface area contributed by atoms with E-state index in [4.69, 9.17) is 16.3 Å². The minimum atomic E-state index is -1.04. The molecule has 0 bridgehead atoms. The van der Waals surface area contributed by atoms with Crippen LogP contribution in [-0.4, -0.2) is 35.5 Å². The van der Waals surface area contributed by atoms with E-state index >= 15 is 0 Å². The number of hydrogen-bond acceptors (Lipinski definition) is 4. The van der Waals surface area contributed by atoms with Crippen molar-refractivity contribution in [2.24, 2.45) is 0 Å². The summed E-state index contributed by atoms with van der Waals surface area (Å²) < 4.78 is 7.74. The number of aromatic nitrogens is 3. The van der Waals surface area contributed by atoms with Gasteiger partial charge in [0.15, 0.2) is 5.16 Å². The largest absolute Gasteiger partial charge is 0.361 e. The summed E-state index contributed by atoms with van der Waals surface area (Å²) in [6, 6.07) is 3.10. The first kappa shape index (κ1) is 15.8. The zero-order chi connectivity index (χ0) is 14.8. The molecule has 0 amide bonds. The van der Waals surface area contributed by atoms with Crippen molar-refractivity contribution in [2.45, 2.75) is 37.6 Å². The van der Waals surface area contributed by atoms with Crippen molar-refractivity contribution in [3.8, 4) is 0 Å². The van der Waals surface area contributed by atoms with Crippen LogP contribution in [0.2, 0.25) is 30.8 Å². The normalized spacial score (nSPS) is 12.2. The molecule has 0 saturated carbocycles. The predicted molar refractivity (Wildman–Crippen MR) is 88.4 cm³/mol. The Kier molecular flexibility index (Phi) is 5.12. The zero-order valence-corrected chi connectivity index (χ0v) is 14.9. The Morgan fingerprint density at radius 1 is 1.35 bits per heavy atom. The minimum Gasteiger partial charge on any atom is -0.361 e. The van der Waals surface area contributed by atoms with Crippen molar-refractivity contribution >= 4 is 42.5 Å². The second kappa shape index (κ2) is 6.47. The lowest BCUT2D eigenvalue weighted by Crippen LogP contribution is -2.22. The van der Waals surface area contributed by atoms with E-state index in [0.717, 1.165) is 23.7 Å². The van der Waals surface area contributed by atoms with Crippen LogP contribution < -0.4 is 0 Å². The Hall–Kier alpha value is -0.563. The standard InChI is InChI=1S/C13H20ClN3OSSi/c1-19-13-15-11(14)10-5-6-17(12(10)16-13)9-18-7-8-20(2,3)4/h5-6H,7-9H2,1-4H3. The monoisotopic (exact) mass is 329 g/mol. The topological polar surface area (TPSA) is 39.9 Å². The summed E-state index contributed by atoms with van der Waals surface area (Å²) >= 11 is 7.65. The molecule has 4 nitrogen and oxygen atoms in total. The molecule has 0 unspecified atom stereocenters. The van der Waals surface area contributed by atoms with E-state index in [1.165, 1.54) is 11.8 Å². The number of ether oxygens (including phenoxy) is 1. The van der Waals surface area contributed by atoms with Gasteiger partial charge in [0, 0.05) is 20.9 Å². The van der Waals surface area contributed by atoms with Gasteiger partial charge in [-0.2, -0.15) is 0 Å². The molecule has 20 heavy (non-hydrogen) atoms. The highest BCUT2D eigenvalue weighted by molar-refractivity contribution is 7.98. The third-order valence-corrected chi connectivity index (χ3v) is 5.50. The van der Waals surface area contributed by atoms with E-state index in [0.29, 0.717) is 17.0 Å². The molecule has 2 aromatic heterocycles. The van der Waals surface area contributed by atoms with E-state index in [-0.39, 0.29) is 0 Å². The first-order chi connectivity index (χ1) is 9.40. The molecule has 0 fully saturated rings. The molecular weight excluding hydrogens is 310 g/mol. The number of fused-ring (bicyclic) bond motifs is 1. The molecule has 0 N–H and O–H groups in total. The van der Waals surface area contributed by atoms with Crippen LogP contribution in [0.3, 0.4) is 0 Å². The SMILES string of the molecule is CSc1nc(Cl)c2ccn(COCC[Si](C)(C)C)c2n1. The lowest BCUT2D eigenvalue weighted by atomic mass is 10.4. The lowest BCUT2D eigenvalue weighted by molar-refractivity contribution is 0.0898. The summed E-state index contributed by atoms with van der Waals surface area (Å²) in [5.74, 6) is 0. The summed E-state index contributed by atoms with van der Waals surface area (Å²) in [5, 5.41) is 2.06. The smallest absolute Gasteiger partial charge is 0.190 e. The molecule has 7 heteroatoms. The Morgan fingerprint density at radius 3 is 2.75 bits per heavy atom. The average Bonchev–Trinajstić information content (AvgIpc) is 2.77. The summed E-state index contributed by atoms with van der Waals surface area (Å²) in [6.07, 6.45) is 3.89. The number of nitrogens with zero attached hydrogens (tertiary/aromatic N) is 3.